The summed E-state index contributed by atoms with van der Waals surface area (Å²) in [5.41, 5.74) is 4.40. The molecule has 3 aromatic rings. The second-order valence-corrected chi connectivity index (χ2v) is 6.36. The third kappa shape index (κ3) is 3.23. The Hall–Kier alpha value is -2.44. The minimum Gasteiger partial charge on any atom is -0.481 e. The minimum atomic E-state index is 0.224. The van der Waals surface area contributed by atoms with E-state index in [1.807, 2.05) is 18.2 Å². The van der Waals surface area contributed by atoms with E-state index in [0.717, 1.165) is 23.6 Å². The van der Waals surface area contributed by atoms with Gasteiger partial charge in [0, 0.05) is 19.2 Å². The number of fused-ring (bicyclic) bond motifs is 3. The van der Waals surface area contributed by atoms with Gasteiger partial charge in [-0.05, 0) is 30.7 Å². The molecule has 0 fully saturated rings. The number of benzene rings is 1. The molecule has 25 heavy (non-hydrogen) atoms. The topological polar surface area (TPSA) is 61.2 Å². The van der Waals surface area contributed by atoms with Crippen LogP contribution in [0.3, 0.4) is 0 Å². The van der Waals surface area contributed by atoms with Crippen LogP contribution in [-0.4, -0.2) is 34.8 Å². The third-order valence-corrected chi connectivity index (χ3v) is 4.50. The first kappa shape index (κ1) is 16.1. The predicted octanol–water partition coefficient (Wildman–Crippen LogP) is 2.61. The number of nitrogens with one attached hydrogen (secondary N) is 1. The Morgan fingerprint density at radius 2 is 2.20 bits per heavy atom. The average molecular weight is 338 g/mol. The second-order valence-electron chi connectivity index (χ2n) is 6.36. The van der Waals surface area contributed by atoms with Crippen molar-refractivity contribution in [2.24, 2.45) is 0 Å². The average Bonchev–Trinajstić information content (AvgIpc) is 3.00. The molecular weight excluding hydrogens is 316 g/mol. The summed E-state index contributed by atoms with van der Waals surface area (Å²) >= 11 is 0. The standard InChI is InChI=1S/C19H22N4O2/c1-13-6-7-17-16(8-13)22-18-12-25-11-15(23(17)18)10-20-9-14-4-3-5-19(21-14)24-2/h3-8,15,20H,9-12H2,1-2H3/t15-/m0/s1. The molecule has 0 radical (unpaired) electrons. The van der Waals surface area contributed by atoms with E-state index in [0.29, 0.717) is 25.6 Å². The first-order valence-electron chi connectivity index (χ1n) is 8.50. The molecule has 2 aromatic heterocycles. The van der Waals surface area contributed by atoms with Crippen molar-refractivity contribution in [2.75, 3.05) is 20.3 Å². The maximum absolute atomic E-state index is 5.75. The lowest BCUT2D eigenvalue weighted by Crippen LogP contribution is -2.32. The normalized spacial score (nSPS) is 16.8. The summed E-state index contributed by atoms with van der Waals surface area (Å²) in [5.74, 6) is 1.64. The van der Waals surface area contributed by atoms with E-state index >= 15 is 0 Å². The SMILES string of the molecule is COc1cccc(CNC[C@H]2COCc3nc4cc(C)ccc4n32)n1. The van der Waals surface area contributed by atoms with E-state index in [4.69, 9.17) is 14.5 Å². The molecule has 6 nitrogen and oxygen atoms in total. The van der Waals surface area contributed by atoms with Crippen LogP contribution >= 0.6 is 0 Å². The lowest BCUT2D eigenvalue weighted by atomic mass is 10.2. The number of aryl methyl sites for hydroxylation is 1. The first-order chi connectivity index (χ1) is 12.2. The molecule has 1 atom stereocenters. The number of nitrogens with zero attached hydrogens (tertiary/aromatic N) is 3. The van der Waals surface area contributed by atoms with Crippen molar-refractivity contribution in [2.45, 2.75) is 26.1 Å². The van der Waals surface area contributed by atoms with Gasteiger partial charge in [-0.15, -0.1) is 0 Å². The summed E-state index contributed by atoms with van der Waals surface area (Å²) in [6, 6.07) is 12.4. The third-order valence-electron chi connectivity index (χ3n) is 4.50. The number of ether oxygens (including phenoxy) is 2. The molecule has 1 N–H and O–H groups in total. The van der Waals surface area contributed by atoms with Gasteiger partial charge in [0.15, 0.2) is 0 Å². The van der Waals surface area contributed by atoms with Crippen molar-refractivity contribution in [1.29, 1.82) is 0 Å². The zero-order chi connectivity index (χ0) is 17.2. The van der Waals surface area contributed by atoms with Crippen molar-refractivity contribution in [1.82, 2.24) is 19.9 Å². The Bertz CT molecular complexity index is 890. The number of hydrogen-bond donors (Lipinski definition) is 1. The van der Waals surface area contributed by atoms with E-state index in [1.54, 1.807) is 7.11 Å². The summed E-state index contributed by atoms with van der Waals surface area (Å²) in [6.45, 7) is 4.83. The van der Waals surface area contributed by atoms with E-state index < -0.39 is 0 Å². The minimum absolute atomic E-state index is 0.224. The molecule has 0 amide bonds. The fourth-order valence-corrected chi connectivity index (χ4v) is 3.32. The van der Waals surface area contributed by atoms with E-state index in [2.05, 4.69) is 40.0 Å². The van der Waals surface area contributed by atoms with Crippen molar-refractivity contribution < 1.29 is 9.47 Å². The van der Waals surface area contributed by atoms with Gasteiger partial charge in [-0.3, -0.25) is 0 Å². The summed E-state index contributed by atoms with van der Waals surface area (Å²) < 4.78 is 13.2. The van der Waals surface area contributed by atoms with Crippen molar-refractivity contribution in [3.05, 3.63) is 53.5 Å². The Morgan fingerprint density at radius 3 is 3.08 bits per heavy atom. The Balaban J connectivity index is 1.50. The molecule has 4 rings (SSSR count). The molecule has 0 unspecified atom stereocenters. The fourth-order valence-electron chi connectivity index (χ4n) is 3.32. The largest absolute Gasteiger partial charge is 0.481 e. The lowest BCUT2D eigenvalue weighted by molar-refractivity contribution is 0.0563. The first-order valence-corrected chi connectivity index (χ1v) is 8.50. The molecule has 0 saturated heterocycles. The summed E-state index contributed by atoms with van der Waals surface area (Å²) in [7, 11) is 1.63. The van der Waals surface area contributed by atoms with Gasteiger partial charge >= 0.3 is 0 Å². The number of hydrogen-bond acceptors (Lipinski definition) is 5. The highest BCUT2D eigenvalue weighted by molar-refractivity contribution is 5.77. The quantitative estimate of drug-likeness (QED) is 0.775. The zero-order valence-corrected chi connectivity index (χ0v) is 14.5. The van der Waals surface area contributed by atoms with Gasteiger partial charge in [0.1, 0.15) is 12.4 Å². The number of aromatic nitrogens is 3. The molecule has 3 heterocycles. The maximum atomic E-state index is 5.75. The Morgan fingerprint density at radius 1 is 1.28 bits per heavy atom. The predicted molar refractivity (Wildman–Crippen MR) is 95.7 cm³/mol. The summed E-state index contributed by atoms with van der Waals surface area (Å²) in [4.78, 5) is 9.17. The molecule has 0 bridgehead atoms. The molecule has 130 valence electrons. The Kier molecular flexibility index (Phi) is 4.38. The van der Waals surface area contributed by atoms with Gasteiger partial charge < -0.3 is 19.4 Å². The molecular formula is C19H22N4O2. The molecule has 1 aromatic carbocycles. The molecule has 6 heteroatoms. The van der Waals surface area contributed by atoms with E-state index in [1.165, 1.54) is 11.1 Å². The smallest absolute Gasteiger partial charge is 0.213 e. The van der Waals surface area contributed by atoms with E-state index in [-0.39, 0.29) is 6.04 Å². The maximum Gasteiger partial charge on any atom is 0.213 e. The monoisotopic (exact) mass is 338 g/mol. The Labute approximate surface area is 146 Å². The van der Waals surface area contributed by atoms with Crippen molar-refractivity contribution >= 4 is 11.0 Å². The van der Waals surface area contributed by atoms with Crippen LogP contribution in [-0.2, 0) is 17.9 Å². The lowest BCUT2D eigenvalue weighted by Gasteiger charge is -2.26. The second kappa shape index (κ2) is 6.82. The van der Waals surface area contributed by atoms with Crippen LogP contribution in [0.15, 0.2) is 36.4 Å². The molecule has 0 spiro atoms. The summed E-state index contributed by atoms with van der Waals surface area (Å²) in [6.07, 6.45) is 0. The van der Waals surface area contributed by atoms with Gasteiger partial charge in [0.2, 0.25) is 5.88 Å². The molecule has 1 aliphatic heterocycles. The number of imidazole rings is 1. The zero-order valence-electron chi connectivity index (χ0n) is 14.5. The van der Waals surface area contributed by atoms with Gasteiger partial charge in [-0.25, -0.2) is 9.97 Å². The van der Waals surface area contributed by atoms with Crippen LogP contribution in [0.25, 0.3) is 11.0 Å². The van der Waals surface area contributed by atoms with Crippen LogP contribution in [0.4, 0.5) is 0 Å². The van der Waals surface area contributed by atoms with Gasteiger partial charge in [0.05, 0.1) is 36.5 Å². The van der Waals surface area contributed by atoms with Crippen molar-refractivity contribution in [3.63, 3.8) is 0 Å². The van der Waals surface area contributed by atoms with Gasteiger partial charge in [0.25, 0.3) is 0 Å². The fraction of sp³-hybridized carbons (Fsp3) is 0.368. The van der Waals surface area contributed by atoms with Gasteiger partial charge in [-0.2, -0.15) is 0 Å². The molecule has 0 aliphatic carbocycles. The number of pyridine rings is 1. The van der Waals surface area contributed by atoms with Crippen LogP contribution in [0.2, 0.25) is 0 Å². The highest BCUT2D eigenvalue weighted by Crippen LogP contribution is 2.26. The molecule has 0 saturated carbocycles. The number of rotatable bonds is 5. The van der Waals surface area contributed by atoms with Crippen LogP contribution in [0.5, 0.6) is 5.88 Å². The van der Waals surface area contributed by atoms with Gasteiger partial charge in [-0.1, -0.05) is 12.1 Å². The molecule has 1 aliphatic rings. The van der Waals surface area contributed by atoms with Crippen LogP contribution in [0, 0.1) is 6.92 Å². The number of methoxy groups -OCH3 is 1. The van der Waals surface area contributed by atoms with Crippen LogP contribution in [0.1, 0.15) is 23.1 Å². The van der Waals surface area contributed by atoms with Crippen LogP contribution < -0.4 is 10.1 Å². The van der Waals surface area contributed by atoms with E-state index in [9.17, 15) is 0 Å². The highest BCUT2D eigenvalue weighted by atomic mass is 16.5. The highest BCUT2D eigenvalue weighted by Gasteiger charge is 2.23. The van der Waals surface area contributed by atoms with Crippen molar-refractivity contribution in [3.8, 4) is 5.88 Å². The summed E-state index contributed by atoms with van der Waals surface area (Å²) in [5, 5.41) is 3.48.